The predicted molar refractivity (Wildman–Crippen MR) is 83.8 cm³/mol. The minimum Gasteiger partial charge on any atom is -0.343 e. The molecule has 1 aliphatic heterocycles. The second-order valence-corrected chi connectivity index (χ2v) is 5.61. The number of piperidine rings is 1. The Morgan fingerprint density at radius 2 is 2.16 bits per heavy atom. The maximum atomic E-state index is 12.2. The minimum atomic E-state index is 0. The van der Waals surface area contributed by atoms with Gasteiger partial charge >= 0.3 is 0 Å². The van der Waals surface area contributed by atoms with Crippen LogP contribution in [0.2, 0.25) is 0 Å². The van der Waals surface area contributed by atoms with Crippen LogP contribution in [0, 0.1) is 11.8 Å². The monoisotopic (exact) mass is 290 g/mol. The Balaban J connectivity index is 0.00000324. The van der Waals surface area contributed by atoms with Crippen molar-refractivity contribution in [2.45, 2.75) is 52.9 Å². The third-order valence-corrected chi connectivity index (χ3v) is 4.15. The molecule has 0 aromatic carbocycles. The molecule has 1 heterocycles. The van der Waals surface area contributed by atoms with Crippen molar-refractivity contribution in [3.63, 3.8) is 0 Å². The Morgan fingerprint density at radius 3 is 2.68 bits per heavy atom. The zero-order chi connectivity index (χ0) is 13.4. The molecule has 1 fully saturated rings. The molecular weight excluding hydrogens is 260 g/mol. The van der Waals surface area contributed by atoms with Gasteiger partial charge in [-0.1, -0.05) is 20.3 Å². The van der Waals surface area contributed by atoms with Crippen LogP contribution in [0.15, 0.2) is 0 Å². The van der Waals surface area contributed by atoms with Crippen LogP contribution in [0.4, 0.5) is 0 Å². The minimum absolute atomic E-state index is 0. The van der Waals surface area contributed by atoms with Crippen LogP contribution in [0.25, 0.3) is 0 Å². The van der Waals surface area contributed by atoms with Gasteiger partial charge in [-0.25, -0.2) is 0 Å². The third-order valence-electron chi connectivity index (χ3n) is 4.15. The Labute approximate surface area is 124 Å². The highest BCUT2D eigenvalue weighted by Gasteiger charge is 2.23. The van der Waals surface area contributed by atoms with Crippen LogP contribution in [0.5, 0.6) is 0 Å². The van der Waals surface area contributed by atoms with Crippen molar-refractivity contribution in [3.8, 4) is 0 Å². The molecule has 2 atom stereocenters. The Bertz CT molecular complexity index is 242. The van der Waals surface area contributed by atoms with Gasteiger partial charge in [-0.05, 0) is 51.1 Å². The van der Waals surface area contributed by atoms with Gasteiger partial charge in [0.15, 0.2) is 0 Å². The van der Waals surface area contributed by atoms with E-state index >= 15 is 0 Å². The Morgan fingerprint density at radius 1 is 1.42 bits per heavy atom. The summed E-state index contributed by atoms with van der Waals surface area (Å²) in [4.78, 5) is 14.3. The highest BCUT2D eigenvalue weighted by atomic mass is 35.5. The molecule has 1 amide bonds. The molecule has 0 radical (unpaired) electrons. The molecular formula is C15H31ClN2O. The van der Waals surface area contributed by atoms with E-state index in [1.54, 1.807) is 0 Å². The van der Waals surface area contributed by atoms with Gasteiger partial charge < -0.3 is 10.2 Å². The van der Waals surface area contributed by atoms with Gasteiger partial charge in [0, 0.05) is 19.5 Å². The molecule has 0 aromatic rings. The third kappa shape index (κ3) is 6.62. The summed E-state index contributed by atoms with van der Waals surface area (Å²) in [7, 11) is 0. The maximum absolute atomic E-state index is 12.2. The van der Waals surface area contributed by atoms with E-state index in [-0.39, 0.29) is 12.4 Å². The van der Waals surface area contributed by atoms with E-state index in [1.165, 1.54) is 12.8 Å². The number of carbonyl (C=O) groups excluding carboxylic acids is 1. The van der Waals surface area contributed by atoms with Gasteiger partial charge in [0.2, 0.25) is 5.91 Å². The van der Waals surface area contributed by atoms with Crippen LogP contribution in [-0.4, -0.2) is 37.0 Å². The van der Waals surface area contributed by atoms with Gasteiger partial charge in [0.1, 0.15) is 0 Å². The summed E-state index contributed by atoms with van der Waals surface area (Å²) >= 11 is 0. The van der Waals surface area contributed by atoms with Gasteiger partial charge in [0.25, 0.3) is 0 Å². The van der Waals surface area contributed by atoms with Crippen LogP contribution in [0.3, 0.4) is 0 Å². The Hall–Kier alpha value is -0.280. The molecule has 1 saturated heterocycles. The van der Waals surface area contributed by atoms with Crippen LogP contribution in [0.1, 0.15) is 52.9 Å². The number of nitrogens with one attached hydrogen (secondary N) is 1. The molecule has 1 rings (SSSR count). The standard InChI is InChI=1S/C15H30N2O.ClH/c1-4-6-10-17(5-2)15(18)11-13(3)14-8-7-9-16-12-14;/h13-14,16H,4-12H2,1-3H3;1H. The first-order chi connectivity index (χ1) is 8.69. The SMILES string of the molecule is CCCCN(CC)C(=O)CC(C)C1CCCNC1.Cl. The molecule has 1 N–H and O–H groups in total. The van der Waals surface area contributed by atoms with Crippen molar-refractivity contribution in [2.75, 3.05) is 26.2 Å². The largest absolute Gasteiger partial charge is 0.343 e. The highest BCUT2D eigenvalue weighted by molar-refractivity contribution is 5.85. The lowest BCUT2D eigenvalue weighted by atomic mass is 9.85. The van der Waals surface area contributed by atoms with Crippen molar-refractivity contribution in [1.82, 2.24) is 10.2 Å². The van der Waals surface area contributed by atoms with E-state index in [9.17, 15) is 4.79 Å². The molecule has 0 aromatic heterocycles. The second-order valence-electron chi connectivity index (χ2n) is 5.61. The average Bonchev–Trinajstić information content (AvgIpc) is 2.40. The van der Waals surface area contributed by atoms with Crippen molar-refractivity contribution in [2.24, 2.45) is 11.8 Å². The van der Waals surface area contributed by atoms with Crippen molar-refractivity contribution < 1.29 is 4.79 Å². The van der Waals surface area contributed by atoms with Crippen LogP contribution in [-0.2, 0) is 4.79 Å². The highest BCUT2D eigenvalue weighted by Crippen LogP contribution is 2.23. The summed E-state index contributed by atoms with van der Waals surface area (Å²) < 4.78 is 0. The lowest BCUT2D eigenvalue weighted by molar-refractivity contribution is -0.132. The number of hydrogen-bond donors (Lipinski definition) is 1. The fourth-order valence-electron chi connectivity index (χ4n) is 2.74. The number of unbranched alkanes of at least 4 members (excludes halogenated alkanes) is 1. The predicted octanol–water partition coefficient (Wildman–Crippen LogP) is 3.08. The van der Waals surface area contributed by atoms with E-state index in [0.717, 1.165) is 45.4 Å². The normalized spacial score (nSPS) is 20.5. The van der Waals surface area contributed by atoms with Gasteiger partial charge in [-0.2, -0.15) is 0 Å². The fraction of sp³-hybridized carbons (Fsp3) is 0.933. The smallest absolute Gasteiger partial charge is 0.222 e. The summed E-state index contributed by atoms with van der Waals surface area (Å²) in [5, 5.41) is 3.44. The molecule has 2 unspecified atom stereocenters. The van der Waals surface area contributed by atoms with Crippen molar-refractivity contribution in [3.05, 3.63) is 0 Å². The van der Waals surface area contributed by atoms with Crippen LogP contribution < -0.4 is 5.32 Å². The van der Waals surface area contributed by atoms with E-state index in [2.05, 4.69) is 26.1 Å². The van der Waals surface area contributed by atoms with Gasteiger partial charge in [-0.15, -0.1) is 12.4 Å². The molecule has 0 spiro atoms. The van der Waals surface area contributed by atoms with Gasteiger partial charge in [0.05, 0.1) is 0 Å². The zero-order valence-corrected chi connectivity index (χ0v) is 13.6. The first kappa shape index (κ1) is 18.7. The zero-order valence-electron chi connectivity index (χ0n) is 12.8. The number of carbonyl (C=O) groups is 1. The molecule has 0 aliphatic carbocycles. The number of rotatable bonds is 7. The summed E-state index contributed by atoms with van der Waals surface area (Å²) in [5.41, 5.74) is 0. The van der Waals surface area contributed by atoms with Crippen LogP contribution >= 0.6 is 12.4 Å². The summed E-state index contributed by atoms with van der Waals surface area (Å²) in [5.74, 6) is 1.55. The molecule has 3 nitrogen and oxygen atoms in total. The molecule has 4 heteroatoms. The molecule has 0 bridgehead atoms. The van der Waals surface area contributed by atoms with E-state index in [0.29, 0.717) is 17.7 Å². The quantitative estimate of drug-likeness (QED) is 0.781. The number of halogens is 1. The first-order valence-electron chi connectivity index (χ1n) is 7.67. The van der Waals surface area contributed by atoms with E-state index in [4.69, 9.17) is 0 Å². The lowest BCUT2D eigenvalue weighted by Gasteiger charge is -2.30. The van der Waals surface area contributed by atoms with E-state index in [1.807, 2.05) is 4.90 Å². The maximum Gasteiger partial charge on any atom is 0.222 e. The average molecular weight is 291 g/mol. The van der Waals surface area contributed by atoms with Crippen molar-refractivity contribution in [1.29, 1.82) is 0 Å². The second kappa shape index (κ2) is 10.5. The first-order valence-corrected chi connectivity index (χ1v) is 7.67. The molecule has 19 heavy (non-hydrogen) atoms. The summed E-state index contributed by atoms with van der Waals surface area (Å²) in [6.45, 7) is 10.5. The lowest BCUT2D eigenvalue weighted by Crippen LogP contribution is -2.37. The number of nitrogens with zero attached hydrogens (tertiary/aromatic N) is 1. The van der Waals surface area contributed by atoms with Crippen molar-refractivity contribution >= 4 is 18.3 Å². The number of amides is 1. The van der Waals surface area contributed by atoms with E-state index < -0.39 is 0 Å². The fourth-order valence-corrected chi connectivity index (χ4v) is 2.74. The molecule has 1 aliphatic rings. The molecule has 0 saturated carbocycles. The Kier molecular flexibility index (Phi) is 10.3. The summed E-state index contributed by atoms with van der Waals surface area (Å²) in [6.07, 6.45) is 5.55. The molecule has 114 valence electrons. The summed E-state index contributed by atoms with van der Waals surface area (Å²) in [6, 6.07) is 0. The topological polar surface area (TPSA) is 32.3 Å². The number of hydrogen-bond acceptors (Lipinski definition) is 2. The van der Waals surface area contributed by atoms with Gasteiger partial charge in [-0.3, -0.25) is 4.79 Å².